The van der Waals surface area contributed by atoms with E-state index in [0.717, 1.165) is 18.6 Å². The fourth-order valence-electron chi connectivity index (χ4n) is 2.07. The molecule has 0 radical (unpaired) electrons. The van der Waals surface area contributed by atoms with Crippen LogP contribution in [0.1, 0.15) is 12.0 Å². The summed E-state index contributed by atoms with van der Waals surface area (Å²) in [5.41, 5.74) is 0.667. The van der Waals surface area contributed by atoms with E-state index >= 15 is 0 Å². The van der Waals surface area contributed by atoms with Crippen molar-refractivity contribution in [3.63, 3.8) is 0 Å². The zero-order valence-corrected chi connectivity index (χ0v) is 11.9. The fraction of sp³-hybridized carbons (Fsp3) is 0.538. The molecular weight excluding hydrogens is 301 g/mol. The van der Waals surface area contributed by atoms with Crippen molar-refractivity contribution in [3.8, 4) is 0 Å². The molecule has 2 rings (SSSR count). The highest BCUT2D eigenvalue weighted by Crippen LogP contribution is 2.23. The van der Waals surface area contributed by atoms with Crippen LogP contribution in [-0.2, 0) is 16.0 Å². The fourth-order valence-corrected chi connectivity index (χ4v) is 2.48. The maximum absolute atomic E-state index is 13.3. The molecule has 1 unspecified atom stereocenters. The van der Waals surface area contributed by atoms with Gasteiger partial charge in [-0.1, -0.05) is 12.1 Å². The Hall–Kier alpha value is -0.490. The van der Waals surface area contributed by atoms with Gasteiger partial charge in [0.2, 0.25) is 0 Å². The summed E-state index contributed by atoms with van der Waals surface area (Å²) in [5.74, 6) is -0.236. The molecule has 0 spiro atoms. The van der Waals surface area contributed by atoms with Crippen LogP contribution in [0.15, 0.2) is 22.7 Å². The van der Waals surface area contributed by atoms with E-state index in [1.165, 1.54) is 6.07 Å². The van der Waals surface area contributed by atoms with Crippen molar-refractivity contribution in [3.05, 3.63) is 34.1 Å². The predicted octanol–water partition coefficient (Wildman–Crippen LogP) is 2.48. The van der Waals surface area contributed by atoms with Crippen LogP contribution in [-0.4, -0.2) is 32.5 Å². The highest BCUT2D eigenvalue weighted by atomic mass is 79.9. The monoisotopic (exact) mass is 317 g/mol. The van der Waals surface area contributed by atoms with Crippen molar-refractivity contribution < 1.29 is 13.9 Å². The second-order valence-corrected chi connectivity index (χ2v) is 5.30. The summed E-state index contributed by atoms with van der Waals surface area (Å²) in [5, 5.41) is 3.30. The Kier molecular flexibility index (Phi) is 4.72. The minimum absolute atomic E-state index is 0.236. The third-order valence-corrected chi connectivity index (χ3v) is 4.18. The van der Waals surface area contributed by atoms with E-state index in [2.05, 4.69) is 21.2 Å². The van der Waals surface area contributed by atoms with Crippen LogP contribution in [0.4, 0.5) is 4.39 Å². The summed E-state index contributed by atoms with van der Waals surface area (Å²) in [6, 6.07) is 5.04. The molecule has 3 nitrogen and oxygen atoms in total. The van der Waals surface area contributed by atoms with Gasteiger partial charge in [0.25, 0.3) is 0 Å². The molecule has 1 aliphatic rings. The lowest BCUT2D eigenvalue weighted by Gasteiger charge is -2.26. The number of rotatable bonds is 5. The summed E-state index contributed by atoms with van der Waals surface area (Å²) in [6.07, 6.45) is 0.890. The zero-order chi connectivity index (χ0) is 13.0. The van der Waals surface area contributed by atoms with E-state index in [-0.39, 0.29) is 11.4 Å². The van der Waals surface area contributed by atoms with E-state index in [1.807, 2.05) is 6.07 Å². The molecule has 1 N–H and O–H groups in total. The van der Waals surface area contributed by atoms with Crippen molar-refractivity contribution >= 4 is 15.9 Å². The average Bonchev–Trinajstić information content (AvgIpc) is 2.84. The topological polar surface area (TPSA) is 30.5 Å². The molecule has 1 aliphatic heterocycles. The van der Waals surface area contributed by atoms with Crippen molar-refractivity contribution in [2.75, 3.05) is 26.9 Å². The molecule has 1 aromatic carbocycles. The standard InChI is InChI=1S/C13H17BrFNO2/c1-17-13(5-6-18-9-13)8-16-7-10-3-2-4-11(15)12(10)14/h2-4,16H,5-9H2,1H3. The van der Waals surface area contributed by atoms with Crippen molar-refractivity contribution in [2.24, 2.45) is 0 Å². The van der Waals surface area contributed by atoms with Gasteiger partial charge in [-0.15, -0.1) is 0 Å². The molecule has 0 bridgehead atoms. The Morgan fingerprint density at radius 2 is 2.39 bits per heavy atom. The number of ether oxygens (including phenoxy) is 2. The normalized spacial score (nSPS) is 23.5. The van der Waals surface area contributed by atoms with Crippen molar-refractivity contribution in [1.29, 1.82) is 0 Å². The number of halogens is 2. The van der Waals surface area contributed by atoms with Gasteiger partial charge in [-0.05, 0) is 27.6 Å². The highest BCUT2D eigenvalue weighted by molar-refractivity contribution is 9.10. The molecule has 1 saturated heterocycles. The minimum Gasteiger partial charge on any atom is -0.378 e. The lowest BCUT2D eigenvalue weighted by atomic mass is 10.0. The van der Waals surface area contributed by atoms with Crippen LogP contribution in [0.3, 0.4) is 0 Å². The molecular formula is C13H17BrFNO2. The lowest BCUT2D eigenvalue weighted by molar-refractivity contribution is -0.0159. The first-order valence-corrected chi connectivity index (χ1v) is 6.73. The first kappa shape index (κ1) is 13.9. The molecule has 5 heteroatoms. The van der Waals surface area contributed by atoms with Crippen molar-refractivity contribution in [1.82, 2.24) is 5.32 Å². The van der Waals surface area contributed by atoms with Crippen LogP contribution in [0.25, 0.3) is 0 Å². The molecule has 0 saturated carbocycles. The second-order valence-electron chi connectivity index (χ2n) is 4.51. The summed E-state index contributed by atoms with van der Waals surface area (Å²) >= 11 is 3.25. The smallest absolute Gasteiger partial charge is 0.137 e. The number of hydrogen-bond donors (Lipinski definition) is 1. The van der Waals surface area contributed by atoms with Gasteiger partial charge in [-0.25, -0.2) is 4.39 Å². The molecule has 1 aromatic rings. The highest BCUT2D eigenvalue weighted by Gasteiger charge is 2.34. The molecule has 1 heterocycles. The Balaban J connectivity index is 1.90. The molecule has 0 aromatic heterocycles. The number of benzene rings is 1. The van der Waals surface area contributed by atoms with E-state index in [4.69, 9.17) is 9.47 Å². The first-order chi connectivity index (χ1) is 8.67. The van der Waals surface area contributed by atoms with Crippen LogP contribution < -0.4 is 5.32 Å². The van der Waals surface area contributed by atoms with E-state index in [9.17, 15) is 4.39 Å². The maximum Gasteiger partial charge on any atom is 0.137 e. The maximum atomic E-state index is 13.3. The van der Waals surface area contributed by atoms with Gasteiger partial charge in [0, 0.05) is 33.2 Å². The number of methoxy groups -OCH3 is 1. The first-order valence-electron chi connectivity index (χ1n) is 5.93. The lowest BCUT2D eigenvalue weighted by Crippen LogP contribution is -2.42. The van der Waals surface area contributed by atoms with Gasteiger partial charge in [0.1, 0.15) is 11.4 Å². The number of hydrogen-bond acceptors (Lipinski definition) is 3. The van der Waals surface area contributed by atoms with Gasteiger partial charge in [0.05, 0.1) is 11.1 Å². The largest absolute Gasteiger partial charge is 0.378 e. The summed E-state index contributed by atoms with van der Waals surface area (Å²) in [6.45, 7) is 2.65. The summed E-state index contributed by atoms with van der Waals surface area (Å²) in [7, 11) is 1.70. The molecule has 18 heavy (non-hydrogen) atoms. The van der Waals surface area contributed by atoms with Crippen LogP contribution in [0, 0.1) is 5.82 Å². The van der Waals surface area contributed by atoms with Crippen LogP contribution in [0.5, 0.6) is 0 Å². The Bertz CT molecular complexity index is 408. The SMILES string of the molecule is COC1(CNCc2cccc(F)c2Br)CCOC1. The zero-order valence-electron chi connectivity index (χ0n) is 10.3. The van der Waals surface area contributed by atoms with Gasteiger partial charge in [0.15, 0.2) is 0 Å². The Morgan fingerprint density at radius 1 is 1.56 bits per heavy atom. The van der Waals surface area contributed by atoms with E-state index in [1.54, 1.807) is 13.2 Å². The van der Waals surface area contributed by atoms with Gasteiger partial charge >= 0.3 is 0 Å². The molecule has 1 fully saturated rings. The third-order valence-electron chi connectivity index (χ3n) is 3.29. The Morgan fingerprint density at radius 3 is 3.06 bits per heavy atom. The average molecular weight is 318 g/mol. The van der Waals surface area contributed by atoms with Crippen molar-refractivity contribution in [2.45, 2.75) is 18.6 Å². The Labute approximate surface area is 115 Å². The van der Waals surface area contributed by atoms with E-state index in [0.29, 0.717) is 24.2 Å². The second kappa shape index (κ2) is 6.10. The predicted molar refractivity (Wildman–Crippen MR) is 71.0 cm³/mol. The molecule has 100 valence electrons. The summed E-state index contributed by atoms with van der Waals surface area (Å²) in [4.78, 5) is 0. The van der Waals surface area contributed by atoms with Gasteiger partial charge < -0.3 is 14.8 Å². The van der Waals surface area contributed by atoms with Gasteiger partial charge in [-0.2, -0.15) is 0 Å². The van der Waals surface area contributed by atoms with Crippen LogP contribution in [0.2, 0.25) is 0 Å². The minimum atomic E-state index is -0.236. The quantitative estimate of drug-likeness (QED) is 0.905. The number of nitrogens with one attached hydrogen (secondary N) is 1. The van der Waals surface area contributed by atoms with Gasteiger partial charge in [-0.3, -0.25) is 0 Å². The molecule has 0 amide bonds. The summed E-state index contributed by atoms with van der Waals surface area (Å²) < 4.78 is 24.7. The van der Waals surface area contributed by atoms with Crippen LogP contribution >= 0.6 is 15.9 Å². The molecule has 0 aliphatic carbocycles. The van der Waals surface area contributed by atoms with E-state index < -0.39 is 0 Å². The third kappa shape index (κ3) is 3.09. The molecule has 1 atom stereocenters.